The van der Waals surface area contributed by atoms with Crippen LogP contribution in [-0.2, 0) is 27.9 Å². The summed E-state index contributed by atoms with van der Waals surface area (Å²) in [6, 6.07) is 0. The molecule has 6 atom stereocenters. The molecule has 1 fully saturated rings. The third kappa shape index (κ3) is 31.9. The quantitative estimate of drug-likeness (QED) is 0.0148. The van der Waals surface area contributed by atoms with Crippen molar-refractivity contribution in [3.05, 3.63) is 85.1 Å². The lowest BCUT2D eigenvalue weighted by Crippen LogP contribution is -2.64. The van der Waals surface area contributed by atoms with Crippen LogP contribution in [0.5, 0.6) is 0 Å². The Bertz CT molecular complexity index is 1360. The normalized spacial score (nSPS) is 22.6. The standard InChI is InChI=1S/C50H85O12P/c1-3-5-7-9-11-13-15-17-19-20-21-22-23-24-25-26-28-30-32-34-36-38-40-59-41-43(42-60-63(57,58)62-50-48(55)46(53)45(52)47(54)49(50)56)61-44(51)39-37-35-33-31-29-27-18-16-14-12-10-8-6-4-2/h5,7,10-13,16-19,21-22,24-25,43,45-50,52-56H,3-4,6,8-9,14-15,20,23,26-42H2,1-2H3,(H,57,58)/b7-5-,12-10-,13-11-,18-16-,19-17-,22-21-,25-24-. The molecule has 0 aliphatic heterocycles. The minimum absolute atomic E-state index is 0.0979. The fourth-order valence-corrected chi connectivity index (χ4v) is 7.66. The molecule has 1 aliphatic rings. The van der Waals surface area contributed by atoms with Crippen molar-refractivity contribution in [1.82, 2.24) is 0 Å². The average Bonchev–Trinajstić information content (AvgIpc) is 3.27. The molecule has 0 aromatic heterocycles. The number of phosphoric ester groups is 1. The first-order valence-electron chi connectivity index (χ1n) is 23.9. The maximum Gasteiger partial charge on any atom is 0.472 e. The van der Waals surface area contributed by atoms with E-state index in [1.165, 1.54) is 12.8 Å². The maximum atomic E-state index is 12.8. The van der Waals surface area contributed by atoms with E-state index in [1.54, 1.807) is 0 Å². The Morgan fingerprint density at radius 2 is 0.937 bits per heavy atom. The lowest BCUT2D eigenvalue weighted by molar-refractivity contribution is -0.220. The number of phosphoric acid groups is 1. The van der Waals surface area contributed by atoms with Gasteiger partial charge in [-0.3, -0.25) is 13.8 Å². The first kappa shape index (κ1) is 58.5. The highest BCUT2D eigenvalue weighted by atomic mass is 31.2. The Balaban J connectivity index is 2.39. The number of hydrogen-bond acceptors (Lipinski definition) is 11. The number of ether oxygens (including phenoxy) is 2. The van der Waals surface area contributed by atoms with Gasteiger partial charge in [0.25, 0.3) is 0 Å². The summed E-state index contributed by atoms with van der Waals surface area (Å²) < 4.78 is 34.2. The largest absolute Gasteiger partial charge is 0.472 e. The summed E-state index contributed by atoms with van der Waals surface area (Å²) >= 11 is 0. The molecule has 13 heteroatoms. The molecule has 0 aromatic carbocycles. The van der Waals surface area contributed by atoms with E-state index in [2.05, 4.69) is 98.9 Å². The molecule has 63 heavy (non-hydrogen) atoms. The smallest absolute Gasteiger partial charge is 0.457 e. The van der Waals surface area contributed by atoms with Crippen LogP contribution < -0.4 is 0 Å². The number of aliphatic hydroxyl groups excluding tert-OH is 5. The Kier molecular flexibility index (Phi) is 37.0. The van der Waals surface area contributed by atoms with Gasteiger partial charge in [0, 0.05) is 13.0 Å². The van der Waals surface area contributed by atoms with Crippen LogP contribution in [-0.4, -0.2) is 98.9 Å². The van der Waals surface area contributed by atoms with E-state index in [9.17, 15) is 39.8 Å². The van der Waals surface area contributed by atoms with Crippen molar-refractivity contribution in [3.8, 4) is 0 Å². The second kappa shape index (κ2) is 39.8. The van der Waals surface area contributed by atoms with Crippen molar-refractivity contribution in [2.24, 2.45) is 0 Å². The fourth-order valence-electron chi connectivity index (χ4n) is 6.69. The van der Waals surface area contributed by atoms with Crippen LogP contribution in [0.25, 0.3) is 0 Å². The van der Waals surface area contributed by atoms with Gasteiger partial charge in [0.2, 0.25) is 0 Å². The molecule has 1 aliphatic carbocycles. The van der Waals surface area contributed by atoms with Crippen molar-refractivity contribution in [2.75, 3.05) is 19.8 Å². The summed E-state index contributed by atoms with van der Waals surface area (Å²) in [5.41, 5.74) is 0. The van der Waals surface area contributed by atoms with E-state index in [0.717, 1.165) is 122 Å². The molecular formula is C50H85O12P. The molecule has 0 spiro atoms. The molecule has 0 amide bonds. The molecule has 362 valence electrons. The molecule has 0 aromatic rings. The van der Waals surface area contributed by atoms with Gasteiger partial charge in [-0.15, -0.1) is 0 Å². The molecule has 0 heterocycles. The van der Waals surface area contributed by atoms with Gasteiger partial charge in [0.05, 0.1) is 13.2 Å². The van der Waals surface area contributed by atoms with Crippen molar-refractivity contribution in [3.63, 3.8) is 0 Å². The van der Waals surface area contributed by atoms with Crippen LogP contribution in [0.3, 0.4) is 0 Å². The van der Waals surface area contributed by atoms with Gasteiger partial charge in [-0.25, -0.2) is 4.57 Å². The Labute approximate surface area is 380 Å². The number of aliphatic hydroxyl groups is 5. The molecule has 0 bridgehead atoms. The molecule has 1 rings (SSSR count). The molecule has 0 radical (unpaired) electrons. The van der Waals surface area contributed by atoms with E-state index in [4.69, 9.17) is 18.5 Å². The topological polar surface area (TPSA) is 192 Å². The van der Waals surface area contributed by atoms with Gasteiger partial charge in [0.15, 0.2) is 0 Å². The molecule has 0 saturated heterocycles. The minimum atomic E-state index is -5.03. The highest BCUT2D eigenvalue weighted by Crippen LogP contribution is 2.47. The summed E-state index contributed by atoms with van der Waals surface area (Å²) in [5.74, 6) is -0.501. The Morgan fingerprint density at radius 3 is 1.43 bits per heavy atom. The number of carbonyl (C=O) groups is 1. The molecule has 1 saturated carbocycles. The number of rotatable bonds is 39. The van der Waals surface area contributed by atoms with Gasteiger partial charge in [0.1, 0.15) is 42.7 Å². The summed E-state index contributed by atoms with van der Waals surface area (Å²) in [5, 5.41) is 50.2. The van der Waals surface area contributed by atoms with Crippen LogP contribution in [0.2, 0.25) is 0 Å². The predicted molar refractivity (Wildman–Crippen MR) is 253 cm³/mol. The highest BCUT2D eigenvalue weighted by molar-refractivity contribution is 7.47. The van der Waals surface area contributed by atoms with Crippen LogP contribution in [0.15, 0.2) is 85.1 Å². The average molecular weight is 909 g/mol. The molecule has 6 unspecified atom stereocenters. The number of unbranched alkanes of at least 4 members (excludes halogenated alkanes) is 13. The van der Waals surface area contributed by atoms with Gasteiger partial charge in [-0.2, -0.15) is 0 Å². The van der Waals surface area contributed by atoms with Gasteiger partial charge in [-0.1, -0.05) is 157 Å². The number of allylic oxidation sites excluding steroid dienone is 14. The zero-order chi connectivity index (χ0) is 46.2. The van der Waals surface area contributed by atoms with E-state index in [1.807, 2.05) is 0 Å². The van der Waals surface area contributed by atoms with Gasteiger partial charge >= 0.3 is 13.8 Å². The third-order valence-corrected chi connectivity index (χ3v) is 11.5. The van der Waals surface area contributed by atoms with Crippen molar-refractivity contribution >= 4 is 13.8 Å². The minimum Gasteiger partial charge on any atom is -0.457 e. The van der Waals surface area contributed by atoms with Crippen LogP contribution in [0, 0.1) is 0 Å². The summed E-state index contributed by atoms with van der Waals surface area (Å²) in [6.07, 6.45) is 40.7. The highest BCUT2D eigenvalue weighted by Gasteiger charge is 2.51. The SMILES string of the molecule is CC/C=C\C/C=C\C/C=C\C/C=C\C/C=C\CCCCCCCCOCC(COP(=O)(O)OC1C(O)C(O)C(O)C(O)C1O)OC(=O)CCCCCCC/C=C\C/C=C\CCCC. The van der Waals surface area contributed by atoms with E-state index < -0.39 is 63.1 Å². The summed E-state index contributed by atoms with van der Waals surface area (Å²) in [6.45, 7) is 4.04. The lowest BCUT2D eigenvalue weighted by Gasteiger charge is -2.41. The predicted octanol–water partition coefficient (Wildman–Crippen LogP) is 10.1. The van der Waals surface area contributed by atoms with Crippen LogP contribution in [0.4, 0.5) is 0 Å². The lowest BCUT2D eigenvalue weighted by atomic mass is 9.85. The first-order valence-corrected chi connectivity index (χ1v) is 25.4. The fraction of sp³-hybridized carbons (Fsp3) is 0.700. The van der Waals surface area contributed by atoms with Crippen molar-refractivity contribution in [2.45, 2.75) is 204 Å². The maximum absolute atomic E-state index is 12.8. The first-order chi connectivity index (χ1) is 30.5. The van der Waals surface area contributed by atoms with E-state index in [-0.39, 0.29) is 13.0 Å². The number of esters is 1. The molecular weight excluding hydrogens is 824 g/mol. The number of hydrogen-bond donors (Lipinski definition) is 6. The zero-order valence-electron chi connectivity index (χ0n) is 38.6. The Morgan fingerprint density at radius 1 is 0.524 bits per heavy atom. The number of carbonyl (C=O) groups excluding carboxylic acids is 1. The summed E-state index contributed by atoms with van der Waals surface area (Å²) in [7, 11) is -5.03. The van der Waals surface area contributed by atoms with Crippen molar-refractivity contribution in [1.29, 1.82) is 0 Å². The second-order valence-corrected chi connectivity index (χ2v) is 17.6. The second-order valence-electron chi connectivity index (χ2n) is 16.2. The summed E-state index contributed by atoms with van der Waals surface area (Å²) in [4.78, 5) is 23.2. The van der Waals surface area contributed by atoms with Gasteiger partial charge in [-0.05, 0) is 83.5 Å². The van der Waals surface area contributed by atoms with Crippen LogP contribution in [0.1, 0.15) is 162 Å². The zero-order valence-corrected chi connectivity index (χ0v) is 39.5. The Hall–Kier alpha value is -2.48. The molecule has 6 N–H and O–H groups in total. The van der Waals surface area contributed by atoms with E-state index >= 15 is 0 Å². The third-order valence-electron chi connectivity index (χ3n) is 10.5. The molecule has 12 nitrogen and oxygen atoms in total. The van der Waals surface area contributed by atoms with Crippen LogP contribution >= 0.6 is 7.82 Å². The van der Waals surface area contributed by atoms with E-state index in [0.29, 0.717) is 13.0 Å². The van der Waals surface area contributed by atoms with Gasteiger partial charge < -0.3 is 39.9 Å². The monoisotopic (exact) mass is 909 g/mol. The van der Waals surface area contributed by atoms with Crippen molar-refractivity contribution < 1.29 is 58.3 Å².